The van der Waals surface area contributed by atoms with Crippen LogP contribution in [0.2, 0.25) is 10.0 Å². The van der Waals surface area contributed by atoms with Crippen LogP contribution in [0.3, 0.4) is 0 Å². The minimum Gasteiger partial charge on any atom is -0.490 e. The molecule has 36 heavy (non-hydrogen) atoms. The summed E-state index contributed by atoms with van der Waals surface area (Å²) in [5, 5.41) is 6.02. The van der Waals surface area contributed by atoms with E-state index in [1.165, 1.54) is 6.21 Å². The van der Waals surface area contributed by atoms with Gasteiger partial charge in [-0.3, -0.25) is 4.79 Å². The quantitative estimate of drug-likeness (QED) is 0.135. The highest BCUT2D eigenvalue weighted by atomic mass is 35.5. The third-order valence-electron chi connectivity index (χ3n) is 5.23. The molecule has 0 spiro atoms. The number of amides is 1. The third kappa shape index (κ3) is 6.08. The van der Waals surface area contributed by atoms with Gasteiger partial charge in [-0.05, 0) is 61.4 Å². The monoisotopic (exact) mass is 522 g/mol. The standard InChI is InChI=1S/C28H24Cl2N2O4/c1-3-7-19-12-18(13-25(34-4-2)27(19)35-17-20-8-5-6-9-23(20)30)16-31-32-28(33)26-15-21-14-22(29)10-11-24(21)36-26/h3,5-6,8-16H,1,4,7,17H2,2H3,(H,32,33)/b31-16+. The maximum absolute atomic E-state index is 12.5. The fourth-order valence-corrected chi connectivity index (χ4v) is 3.97. The number of benzene rings is 3. The van der Waals surface area contributed by atoms with Crippen LogP contribution in [0.5, 0.6) is 11.5 Å². The normalized spacial score (nSPS) is 11.1. The minimum absolute atomic E-state index is 0.134. The molecule has 0 aliphatic carbocycles. The number of allylic oxidation sites excluding steroid dienone is 1. The van der Waals surface area contributed by atoms with Crippen molar-refractivity contribution in [3.8, 4) is 11.5 Å². The lowest BCUT2D eigenvalue weighted by Crippen LogP contribution is -2.16. The highest BCUT2D eigenvalue weighted by molar-refractivity contribution is 6.31. The second kappa shape index (κ2) is 11.8. The molecule has 0 aliphatic heterocycles. The summed E-state index contributed by atoms with van der Waals surface area (Å²) in [7, 11) is 0. The highest BCUT2D eigenvalue weighted by Crippen LogP contribution is 2.35. The van der Waals surface area contributed by atoms with Crippen molar-refractivity contribution in [2.75, 3.05) is 6.61 Å². The molecule has 0 fully saturated rings. The molecule has 1 heterocycles. The molecule has 0 atom stereocenters. The molecule has 1 N–H and O–H groups in total. The van der Waals surface area contributed by atoms with Crippen LogP contribution in [-0.4, -0.2) is 18.7 Å². The van der Waals surface area contributed by atoms with Crippen LogP contribution in [0.1, 0.15) is 34.2 Å². The molecular weight excluding hydrogens is 499 g/mol. The topological polar surface area (TPSA) is 73.1 Å². The zero-order valence-corrected chi connectivity index (χ0v) is 21.1. The van der Waals surface area contributed by atoms with Crippen LogP contribution in [0.25, 0.3) is 11.0 Å². The van der Waals surface area contributed by atoms with E-state index < -0.39 is 5.91 Å². The van der Waals surface area contributed by atoms with Crippen molar-refractivity contribution in [2.24, 2.45) is 5.10 Å². The fourth-order valence-electron chi connectivity index (χ4n) is 3.60. The average molecular weight is 523 g/mol. The lowest BCUT2D eigenvalue weighted by molar-refractivity contribution is 0.0929. The Hall–Kier alpha value is -3.74. The number of nitrogens with one attached hydrogen (secondary N) is 1. The van der Waals surface area contributed by atoms with E-state index in [1.807, 2.05) is 37.3 Å². The van der Waals surface area contributed by atoms with E-state index in [0.29, 0.717) is 40.2 Å². The Labute approximate surface area is 219 Å². The number of hydrogen-bond acceptors (Lipinski definition) is 5. The summed E-state index contributed by atoms with van der Waals surface area (Å²) in [6.45, 7) is 6.48. The predicted octanol–water partition coefficient (Wildman–Crippen LogP) is 7.21. The molecule has 0 saturated carbocycles. The van der Waals surface area contributed by atoms with Crippen molar-refractivity contribution < 1.29 is 18.7 Å². The lowest BCUT2D eigenvalue weighted by Gasteiger charge is -2.17. The molecule has 4 aromatic rings. The lowest BCUT2D eigenvalue weighted by atomic mass is 10.1. The van der Waals surface area contributed by atoms with E-state index in [0.717, 1.165) is 22.1 Å². The third-order valence-corrected chi connectivity index (χ3v) is 5.83. The summed E-state index contributed by atoms with van der Waals surface area (Å²) in [5.41, 5.74) is 5.51. The molecule has 0 saturated heterocycles. The van der Waals surface area contributed by atoms with Crippen LogP contribution in [-0.2, 0) is 13.0 Å². The summed E-state index contributed by atoms with van der Waals surface area (Å²) >= 11 is 12.3. The van der Waals surface area contributed by atoms with Gasteiger partial charge in [-0.1, -0.05) is 47.5 Å². The van der Waals surface area contributed by atoms with Crippen LogP contribution in [0.15, 0.2) is 82.8 Å². The van der Waals surface area contributed by atoms with E-state index in [9.17, 15) is 4.79 Å². The average Bonchev–Trinajstić information content (AvgIpc) is 3.28. The Kier molecular flexibility index (Phi) is 8.31. The van der Waals surface area contributed by atoms with Gasteiger partial charge in [0, 0.05) is 26.6 Å². The second-order valence-corrected chi connectivity index (χ2v) is 8.65. The van der Waals surface area contributed by atoms with E-state index >= 15 is 0 Å². The van der Waals surface area contributed by atoms with Crippen molar-refractivity contribution in [2.45, 2.75) is 20.0 Å². The predicted molar refractivity (Wildman–Crippen MR) is 144 cm³/mol. The zero-order valence-electron chi connectivity index (χ0n) is 19.6. The van der Waals surface area contributed by atoms with Gasteiger partial charge in [0.2, 0.25) is 0 Å². The Morgan fingerprint density at radius 3 is 2.69 bits per heavy atom. The highest BCUT2D eigenvalue weighted by Gasteiger charge is 2.15. The second-order valence-electron chi connectivity index (χ2n) is 7.81. The smallest absolute Gasteiger partial charge is 0.307 e. The summed E-state index contributed by atoms with van der Waals surface area (Å²) in [4.78, 5) is 12.5. The fraction of sp³-hybridized carbons (Fsp3) is 0.143. The minimum atomic E-state index is -0.477. The van der Waals surface area contributed by atoms with E-state index in [-0.39, 0.29) is 12.4 Å². The number of halogens is 2. The number of furan rings is 1. The maximum atomic E-state index is 12.5. The van der Waals surface area contributed by atoms with Gasteiger partial charge in [-0.2, -0.15) is 5.10 Å². The van der Waals surface area contributed by atoms with Gasteiger partial charge in [0.25, 0.3) is 0 Å². The summed E-state index contributed by atoms with van der Waals surface area (Å²) < 4.78 is 17.6. The number of hydrogen-bond donors (Lipinski definition) is 1. The molecule has 1 amide bonds. The van der Waals surface area contributed by atoms with Crippen molar-refractivity contribution in [3.05, 3.63) is 106 Å². The number of rotatable bonds is 10. The SMILES string of the molecule is C=CCc1cc(/C=N/NC(=O)c2cc3cc(Cl)ccc3o2)cc(OCC)c1OCc1ccccc1Cl. The first kappa shape index (κ1) is 25.4. The number of ether oxygens (including phenoxy) is 2. The van der Waals surface area contributed by atoms with Gasteiger partial charge in [0.05, 0.1) is 12.8 Å². The first-order valence-corrected chi connectivity index (χ1v) is 12.0. The number of carbonyl (C=O) groups excluding carboxylic acids is 1. The Morgan fingerprint density at radius 2 is 1.92 bits per heavy atom. The molecule has 0 aliphatic rings. The molecule has 0 radical (unpaired) electrons. The molecule has 3 aromatic carbocycles. The van der Waals surface area contributed by atoms with Crippen molar-refractivity contribution in [3.63, 3.8) is 0 Å². The largest absolute Gasteiger partial charge is 0.490 e. The van der Waals surface area contributed by atoms with Gasteiger partial charge in [-0.25, -0.2) is 5.43 Å². The number of carbonyl (C=O) groups is 1. The van der Waals surface area contributed by atoms with Gasteiger partial charge in [0.1, 0.15) is 12.2 Å². The Balaban J connectivity index is 1.53. The van der Waals surface area contributed by atoms with E-state index in [2.05, 4.69) is 17.1 Å². The van der Waals surface area contributed by atoms with Crippen molar-refractivity contribution in [1.82, 2.24) is 5.43 Å². The van der Waals surface area contributed by atoms with Gasteiger partial charge in [-0.15, -0.1) is 6.58 Å². The molecule has 4 rings (SSSR count). The summed E-state index contributed by atoms with van der Waals surface area (Å²) in [6, 6.07) is 18.0. The Bertz CT molecular complexity index is 1430. The molecule has 184 valence electrons. The van der Waals surface area contributed by atoms with Crippen LogP contribution in [0.4, 0.5) is 0 Å². The van der Waals surface area contributed by atoms with Crippen LogP contribution >= 0.6 is 23.2 Å². The molecule has 1 aromatic heterocycles. The summed E-state index contributed by atoms with van der Waals surface area (Å²) in [6.07, 6.45) is 3.86. The summed E-state index contributed by atoms with van der Waals surface area (Å²) in [5.74, 6) is 0.828. The molecule has 6 nitrogen and oxygen atoms in total. The van der Waals surface area contributed by atoms with E-state index in [4.69, 9.17) is 37.1 Å². The molecule has 0 unspecified atom stereocenters. The van der Waals surface area contributed by atoms with Gasteiger partial charge in [0.15, 0.2) is 17.3 Å². The molecule has 8 heteroatoms. The number of fused-ring (bicyclic) bond motifs is 1. The van der Waals surface area contributed by atoms with Gasteiger partial charge >= 0.3 is 5.91 Å². The molecular formula is C28H24Cl2N2O4. The van der Waals surface area contributed by atoms with Crippen LogP contribution < -0.4 is 14.9 Å². The van der Waals surface area contributed by atoms with E-state index in [1.54, 1.807) is 36.4 Å². The van der Waals surface area contributed by atoms with Gasteiger partial charge < -0.3 is 13.9 Å². The first-order chi connectivity index (χ1) is 17.5. The number of hydrazone groups is 1. The van der Waals surface area contributed by atoms with Crippen LogP contribution in [0, 0.1) is 0 Å². The van der Waals surface area contributed by atoms with Crippen molar-refractivity contribution in [1.29, 1.82) is 0 Å². The molecule has 0 bridgehead atoms. The zero-order chi connectivity index (χ0) is 25.5. The number of nitrogens with zero attached hydrogens (tertiary/aromatic N) is 1. The Morgan fingerprint density at radius 1 is 1.08 bits per heavy atom. The maximum Gasteiger partial charge on any atom is 0.307 e. The van der Waals surface area contributed by atoms with Crippen molar-refractivity contribution >= 4 is 46.3 Å². The first-order valence-electron chi connectivity index (χ1n) is 11.3.